The van der Waals surface area contributed by atoms with Gasteiger partial charge < -0.3 is 4.90 Å². The Morgan fingerprint density at radius 1 is 1.03 bits per heavy atom. The molecule has 34 heavy (non-hydrogen) atoms. The summed E-state index contributed by atoms with van der Waals surface area (Å²) in [5.41, 5.74) is 4.95. The predicted molar refractivity (Wildman–Crippen MR) is 135 cm³/mol. The third-order valence-corrected chi connectivity index (χ3v) is 8.40. The zero-order valence-corrected chi connectivity index (χ0v) is 20.1. The smallest absolute Gasteiger partial charge is 0.279 e. The second-order valence-electron chi connectivity index (χ2n) is 8.56. The summed E-state index contributed by atoms with van der Waals surface area (Å²) in [6.45, 7) is 2.97. The summed E-state index contributed by atoms with van der Waals surface area (Å²) < 4.78 is 2.10. The van der Waals surface area contributed by atoms with E-state index >= 15 is 0 Å². The van der Waals surface area contributed by atoms with Crippen LogP contribution in [0.3, 0.4) is 0 Å². The van der Waals surface area contributed by atoms with Gasteiger partial charge in [0, 0.05) is 38.3 Å². The third kappa shape index (κ3) is 4.04. The van der Waals surface area contributed by atoms with Crippen LogP contribution in [-0.2, 0) is 30.7 Å². The minimum atomic E-state index is -0.0966. The second kappa shape index (κ2) is 8.98. The minimum absolute atomic E-state index is 0.0605. The van der Waals surface area contributed by atoms with Crippen molar-refractivity contribution < 1.29 is 4.79 Å². The van der Waals surface area contributed by atoms with Crippen LogP contribution in [-0.4, -0.2) is 44.2 Å². The number of rotatable bonds is 5. The average Bonchev–Trinajstić information content (AvgIpc) is 3.48. The average molecular weight is 490 g/mol. The Bertz CT molecular complexity index is 1430. The number of para-hydroxylation sites is 1. The topological polar surface area (TPSA) is 70.8 Å². The highest BCUT2D eigenvalue weighted by Gasteiger charge is 2.26. The lowest BCUT2D eigenvalue weighted by Gasteiger charge is -2.27. The Labute approximate surface area is 205 Å². The number of amides is 1. The van der Waals surface area contributed by atoms with Gasteiger partial charge in [-0.1, -0.05) is 71.6 Å². The highest BCUT2D eigenvalue weighted by atomic mass is 32.2. The van der Waals surface area contributed by atoms with E-state index in [2.05, 4.69) is 28.2 Å². The summed E-state index contributed by atoms with van der Waals surface area (Å²) >= 11 is 2.75. The van der Waals surface area contributed by atoms with Crippen molar-refractivity contribution in [1.29, 1.82) is 0 Å². The molecule has 0 spiro atoms. The predicted octanol–water partition coefficient (Wildman–Crippen LogP) is 3.39. The third-order valence-electron chi connectivity index (χ3n) is 6.37. The molecule has 7 nitrogen and oxygen atoms in total. The van der Waals surface area contributed by atoms with Gasteiger partial charge in [0.05, 0.1) is 17.0 Å². The van der Waals surface area contributed by atoms with Crippen LogP contribution in [0.1, 0.15) is 22.4 Å². The number of hydrogen-bond donors (Lipinski definition) is 0. The van der Waals surface area contributed by atoms with Crippen molar-refractivity contribution in [2.45, 2.75) is 30.3 Å². The molecule has 2 aliphatic heterocycles. The molecule has 0 saturated heterocycles. The van der Waals surface area contributed by atoms with Gasteiger partial charge in [-0.2, -0.15) is 4.52 Å². The number of benzene rings is 2. The van der Waals surface area contributed by atoms with Crippen molar-refractivity contribution in [2.24, 2.45) is 0 Å². The van der Waals surface area contributed by atoms with Crippen LogP contribution < -0.4 is 10.5 Å². The molecule has 4 aromatic rings. The number of nitrogens with zero attached hydrogens (tertiary/aromatic N) is 5. The Hall–Kier alpha value is -3.01. The summed E-state index contributed by atoms with van der Waals surface area (Å²) in [6, 6.07) is 18.3. The molecule has 6 rings (SSSR count). The first kappa shape index (κ1) is 21.5. The lowest BCUT2D eigenvalue weighted by atomic mass is 10.1. The van der Waals surface area contributed by atoms with Gasteiger partial charge in [0.15, 0.2) is 4.34 Å². The molecular formula is C25H23N5O2S2. The normalized spacial score (nSPS) is 15.5. The van der Waals surface area contributed by atoms with Gasteiger partial charge in [-0.15, -0.1) is 5.10 Å². The van der Waals surface area contributed by atoms with Crippen LogP contribution in [0.4, 0.5) is 5.69 Å². The van der Waals surface area contributed by atoms with Crippen molar-refractivity contribution in [3.8, 4) is 0 Å². The maximum Gasteiger partial charge on any atom is 0.279 e. The summed E-state index contributed by atoms with van der Waals surface area (Å²) in [7, 11) is 0. The maximum absolute atomic E-state index is 13.2. The highest BCUT2D eigenvalue weighted by Crippen LogP contribution is 2.30. The van der Waals surface area contributed by atoms with Gasteiger partial charge >= 0.3 is 0 Å². The molecule has 2 aliphatic rings. The molecular weight excluding hydrogens is 466 g/mol. The van der Waals surface area contributed by atoms with Gasteiger partial charge in [-0.05, 0) is 23.6 Å². The summed E-state index contributed by atoms with van der Waals surface area (Å²) in [5, 5.41) is 4.51. The van der Waals surface area contributed by atoms with E-state index in [-0.39, 0.29) is 17.2 Å². The van der Waals surface area contributed by atoms with Crippen molar-refractivity contribution in [1.82, 2.24) is 19.5 Å². The van der Waals surface area contributed by atoms with Gasteiger partial charge in [-0.3, -0.25) is 14.5 Å². The fourth-order valence-corrected chi connectivity index (χ4v) is 6.49. The number of carbonyl (C=O) groups excluding carboxylic acids is 1. The first-order chi connectivity index (χ1) is 16.7. The van der Waals surface area contributed by atoms with Crippen LogP contribution in [0.15, 0.2) is 63.7 Å². The molecule has 2 aromatic carbocycles. The lowest BCUT2D eigenvalue weighted by molar-refractivity contribution is -0.116. The fraction of sp³-hybridized carbons (Fsp3) is 0.280. The Morgan fingerprint density at radius 2 is 1.85 bits per heavy atom. The molecule has 0 saturated carbocycles. The first-order valence-corrected chi connectivity index (χ1v) is 13.1. The Kier molecular flexibility index (Phi) is 5.68. The molecule has 0 aliphatic carbocycles. The van der Waals surface area contributed by atoms with Gasteiger partial charge in [0.2, 0.25) is 10.9 Å². The van der Waals surface area contributed by atoms with E-state index in [9.17, 15) is 9.59 Å². The molecule has 0 unspecified atom stereocenters. The lowest BCUT2D eigenvalue weighted by Crippen LogP contribution is -2.36. The van der Waals surface area contributed by atoms with E-state index in [1.165, 1.54) is 38.7 Å². The number of fused-ring (bicyclic) bond motifs is 3. The zero-order valence-electron chi connectivity index (χ0n) is 18.5. The SMILES string of the molecule is O=C(CSc1nn2c(=O)c3c(nc2s1)CCN(Cc1ccccc1)C3)N1CCc2ccccc21. The fourth-order valence-electron chi connectivity index (χ4n) is 4.67. The molecule has 172 valence electrons. The Balaban J connectivity index is 1.18. The van der Waals surface area contributed by atoms with Gasteiger partial charge in [0.25, 0.3) is 5.56 Å². The number of hydrogen-bond acceptors (Lipinski definition) is 7. The first-order valence-electron chi connectivity index (χ1n) is 11.3. The van der Waals surface area contributed by atoms with E-state index in [1.807, 2.05) is 41.3 Å². The summed E-state index contributed by atoms with van der Waals surface area (Å²) in [6.07, 6.45) is 1.64. The summed E-state index contributed by atoms with van der Waals surface area (Å²) in [5.74, 6) is 0.346. The molecule has 0 radical (unpaired) electrons. The van der Waals surface area contributed by atoms with E-state index in [4.69, 9.17) is 4.98 Å². The number of carbonyl (C=O) groups is 1. The quantitative estimate of drug-likeness (QED) is 0.400. The molecule has 0 fully saturated rings. The molecule has 0 atom stereocenters. The number of anilines is 1. The number of thioether (sulfide) groups is 1. The Morgan fingerprint density at radius 3 is 2.74 bits per heavy atom. The van der Waals surface area contributed by atoms with Crippen molar-refractivity contribution in [2.75, 3.05) is 23.7 Å². The zero-order chi connectivity index (χ0) is 23.1. The largest absolute Gasteiger partial charge is 0.311 e. The van der Waals surface area contributed by atoms with Crippen LogP contribution in [0, 0.1) is 0 Å². The minimum Gasteiger partial charge on any atom is -0.311 e. The van der Waals surface area contributed by atoms with Crippen LogP contribution >= 0.6 is 23.1 Å². The molecule has 0 N–H and O–H groups in total. The van der Waals surface area contributed by atoms with Gasteiger partial charge in [0.1, 0.15) is 0 Å². The van der Waals surface area contributed by atoms with E-state index in [0.29, 0.717) is 22.4 Å². The van der Waals surface area contributed by atoms with Crippen LogP contribution in [0.5, 0.6) is 0 Å². The van der Waals surface area contributed by atoms with Crippen molar-refractivity contribution >= 4 is 39.7 Å². The molecule has 1 amide bonds. The molecule has 0 bridgehead atoms. The maximum atomic E-state index is 13.2. The summed E-state index contributed by atoms with van der Waals surface area (Å²) in [4.78, 5) is 35.6. The van der Waals surface area contributed by atoms with Crippen LogP contribution in [0.2, 0.25) is 0 Å². The highest BCUT2D eigenvalue weighted by molar-refractivity contribution is 8.01. The molecule has 9 heteroatoms. The van der Waals surface area contributed by atoms with E-state index in [0.717, 1.165) is 42.9 Å². The van der Waals surface area contributed by atoms with E-state index in [1.54, 1.807) is 0 Å². The second-order valence-corrected chi connectivity index (χ2v) is 10.7. The monoisotopic (exact) mass is 489 g/mol. The molecule has 2 aromatic heterocycles. The standard InChI is InChI=1S/C25H23N5O2S2/c31-22(29-13-10-18-8-4-5-9-21(18)29)16-33-25-27-30-23(32)19-15-28(14-17-6-2-1-3-7-17)12-11-20(19)26-24(30)34-25/h1-9H,10-16H2. The molecule has 4 heterocycles. The van der Waals surface area contributed by atoms with Crippen LogP contribution in [0.25, 0.3) is 4.96 Å². The van der Waals surface area contributed by atoms with Gasteiger partial charge in [-0.25, -0.2) is 4.98 Å². The van der Waals surface area contributed by atoms with E-state index < -0.39 is 0 Å². The van der Waals surface area contributed by atoms with Crippen molar-refractivity contribution in [3.05, 3.63) is 87.3 Å². The number of aromatic nitrogens is 3. The van der Waals surface area contributed by atoms with Crippen molar-refractivity contribution in [3.63, 3.8) is 0 Å².